The van der Waals surface area contributed by atoms with Gasteiger partial charge in [-0.15, -0.1) is 0 Å². The van der Waals surface area contributed by atoms with Gasteiger partial charge in [0.1, 0.15) is 0 Å². The van der Waals surface area contributed by atoms with Crippen LogP contribution in [0.15, 0.2) is 0 Å². The lowest BCUT2D eigenvalue weighted by Gasteiger charge is -2.29. The number of hydrogen-bond acceptors (Lipinski definition) is 3. The van der Waals surface area contributed by atoms with Crippen molar-refractivity contribution in [2.24, 2.45) is 0 Å². The molecule has 0 amide bonds. The second-order valence-corrected chi connectivity index (χ2v) is 4.24. The normalized spacial score (nSPS) is 44.0. The fourth-order valence-corrected chi connectivity index (χ4v) is 2.44. The summed E-state index contributed by atoms with van der Waals surface area (Å²) >= 11 is 0. The molecule has 70 valence electrons. The van der Waals surface area contributed by atoms with Gasteiger partial charge in [-0.2, -0.15) is 0 Å². The third-order valence-corrected chi connectivity index (χ3v) is 3.18. The topological polar surface area (TPSA) is 35.5 Å². The highest BCUT2D eigenvalue weighted by molar-refractivity contribution is 5.00. The molecule has 2 aliphatic heterocycles. The van der Waals surface area contributed by atoms with Crippen molar-refractivity contribution >= 4 is 0 Å². The van der Waals surface area contributed by atoms with Crippen LogP contribution in [0.2, 0.25) is 0 Å². The Morgan fingerprint density at radius 2 is 2.42 bits per heavy atom. The van der Waals surface area contributed by atoms with Gasteiger partial charge in [0.05, 0.1) is 5.60 Å². The number of rotatable bonds is 1. The molecule has 0 saturated carbocycles. The molecule has 0 aromatic carbocycles. The first-order chi connectivity index (χ1) is 5.71. The van der Waals surface area contributed by atoms with Crippen LogP contribution in [0, 0.1) is 0 Å². The molecule has 2 rings (SSSR count). The molecule has 2 fully saturated rings. The Morgan fingerprint density at radius 1 is 1.58 bits per heavy atom. The average molecular weight is 170 g/mol. The molecule has 0 bridgehead atoms. The highest BCUT2D eigenvalue weighted by Gasteiger charge is 2.42. The Kier molecular flexibility index (Phi) is 2.10. The smallest absolute Gasteiger partial charge is 0.0938 e. The summed E-state index contributed by atoms with van der Waals surface area (Å²) in [4.78, 5) is 2.21. The van der Waals surface area contributed by atoms with E-state index in [1.807, 2.05) is 0 Å². The largest absolute Gasteiger partial charge is 0.387 e. The first-order valence-electron chi connectivity index (χ1n) is 4.85. The number of likely N-dealkylation sites (tertiary alicyclic amines) is 1. The molecule has 0 radical (unpaired) electrons. The monoisotopic (exact) mass is 170 g/mol. The third kappa shape index (κ3) is 1.37. The minimum absolute atomic E-state index is 0.349. The molecule has 0 aromatic rings. The van der Waals surface area contributed by atoms with Crippen LogP contribution in [0.25, 0.3) is 0 Å². The SMILES string of the molecule is CN1CCC(O)(C2CCCN2)C1. The number of nitrogens with zero attached hydrogens (tertiary/aromatic N) is 1. The van der Waals surface area contributed by atoms with Gasteiger partial charge in [-0.3, -0.25) is 0 Å². The summed E-state index contributed by atoms with van der Waals surface area (Å²) in [5.41, 5.74) is -0.439. The van der Waals surface area contributed by atoms with Crippen LogP contribution in [0.4, 0.5) is 0 Å². The summed E-state index contributed by atoms with van der Waals surface area (Å²) in [6.07, 6.45) is 3.29. The van der Waals surface area contributed by atoms with E-state index in [9.17, 15) is 5.11 Å². The van der Waals surface area contributed by atoms with Crippen molar-refractivity contribution < 1.29 is 5.11 Å². The highest BCUT2D eigenvalue weighted by Crippen LogP contribution is 2.28. The third-order valence-electron chi connectivity index (χ3n) is 3.18. The summed E-state index contributed by atoms with van der Waals surface area (Å²) in [6.45, 7) is 2.95. The Hall–Kier alpha value is -0.120. The lowest BCUT2D eigenvalue weighted by atomic mass is 9.92. The Morgan fingerprint density at radius 3 is 2.92 bits per heavy atom. The van der Waals surface area contributed by atoms with Crippen molar-refractivity contribution in [2.45, 2.75) is 30.9 Å². The molecule has 12 heavy (non-hydrogen) atoms. The number of likely N-dealkylation sites (N-methyl/N-ethyl adjacent to an activating group) is 1. The lowest BCUT2D eigenvalue weighted by Crippen LogP contribution is -2.49. The summed E-state index contributed by atoms with van der Waals surface area (Å²) in [5.74, 6) is 0. The van der Waals surface area contributed by atoms with Gasteiger partial charge in [-0.25, -0.2) is 0 Å². The lowest BCUT2D eigenvalue weighted by molar-refractivity contribution is 0.0190. The molecule has 2 heterocycles. The molecule has 0 aromatic heterocycles. The Labute approximate surface area is 73.8 Å². The van der Waals surface area contributed by atoms with Crippen LogP contribution < -0.4 is 5.32 Å². The zero-order chi connectivity index (χ0) is 8.60. The Balaban J connectivity index is 2.00. The van der Waals surface area contributed by atoms with Crippen LogP contribution in [0.1, 0.15) is 19.3 Å². The minimum Gasteiger partial charge on any atom is -0.387 e. The van der Waals surface area contributed by atoms with Crippen molar-refractivity contribution in [2.75, 3.05) is 26.7 Å². The molecular weight excluding hydrogens is 152 g/mol. The second kappa shape index (κ2) is 2.98. The van der Waals surface area contributed by atoms with Crippen molar-refractivity contribution in [1.82, 2.24) is 10.2 Å². The zero-order valence-electron chi connectivity index (χ0n) is 7.71. The summed E-state index contributed by atoms with van der Waals surface area (Å²) in [6, 6.07) is 0.349. The maximum absolute atomic E-state index is 10.3. The molecule has 2 N–H and O–H groups in total. The van der Waals surface area contributed by atoms with Crippen LogP contribution >= 0.6 is 0 Å². The number of nitrogens with one attached hydrogen (secondary N) is 1. The number of aliphatic hydroxyl groups is 1. The van der Waals surface area contributed by atoms with E-state index in [0.29, 0.717) is 6.04 Å². The van der Waals surface area contributed by atoms with Crippen LogP contribution in [-0.4, -0.2) is 48.3 Å². The molecule has 3 heteroatoms. The number of hydrogen-bond donors (Lipinski definition) is 2. The van der Waals surface area contributed by atoms with Gasteiger partial charge in [0, 0.05) is 19.1 Å². The van der Waals surface area contributed by atoms with Gasteiger partial charge in [-0.05, 0) is 32.9 Å². The highest BCUT2D eigenvalue weighted by atomic mass is 16.3. The van der Waals surface area contributed by atoms with Gasteiger partial charge < -0.3 is 15.3 Å². The zero-order valence-corrected chi connectivity index (χ0v) is 7.71. The van der Waals surface area contributed by atoms with E-state index < -0.39 is 5.60 Å². The molecular formula is C9H18N2O. The van der Waals surface area contributed by atoms with Crippen molar-refractivity contribution in [3.05, 3.63) is 0 Å². The predicted octanol–water partition coefficient (Wildman–Crippen LogP) is -0.195. The molecule has 2 aliphatic rings. The molecule has 2 atom stereocenters. The second-order valence-electron chi connectivity index (χ2n) is 4.24. The first-order valence-corrected chi connectivity index (χ1v) is 4.85. The standard InChI is InChI=1S/C9H18N2O/c1-11-6-4-9(12,7-11)8-3-2-5-10-8/h8,10,12H,2-7H2,1H3. The van der Waals surface area contributed by atoms with Gasteiger partial charge in [0.15, 0.2) is 0 Å². The van der Waals surface area contributed by atoms with E-state index in [2.05, 4.69) is 17.3 Å². The quantitative estimate of drug-likeness (QED) is 0.572. The fraction of sp³-hybridized carbons (Fsp3) is 1.00. The van der Waals surface area contributed by atoms with Crippen molar-refractivity contribution in [3.8, 4) is 0 Å². The van der Waals surface area contributed by atoms with Crippen LogP contribution in [0.5, 0.6) is 0 Å². The van der Waals surface area contributed by atoms with E-state index in [1.54, 1.807) is 0 Å². The number of β-amino-alcohol motifs (C(OH)–C–C–N with tert-alkyl or cyclic N) is 1. The van der Waals surface area contributed by atoms with Crippen LogP contribution in [0.3, 0.4) is 0 Å². The fourth-order valence-electron chi connectivity index (χ4n) is 2.44. The molecule has 2 saturated heterocycles. The van der Waals surface area contributed by atoms with Crippen LogP contribution in [-0.2, 0) is 0 Å². The molecule has 0 spiro atoms. The van der Waals surface area contributed by atoms with E-state index in [1.165, 1.54) is 6.42 Å². The predicted molar refractivity (Wildman–Crippen MR) is 48.1 cm³/mol. The Bertz CT molecular complexity index is 168. The van der Waals surface area contributed by atoms with E-state index in [4.69, 9.17) is 0 Å². The van der Waals surface area contributed by atoms with E-state index in [-0.39, 0.29) is 0 Å². The summed E-state index contributed by atoms with van der Waals surface area (Å²) in [5, 5.41) is 13.6. The first kappa shape index (κ1) is 8.48. The summed E-state index contributed by atoms with van der Waals surface area (Å²) < 4.78 is 0. The van der Waals surface area contributed by atoms with E-state index >= 15 is 0 Å². The molecule has 3 nitrogen and oxygen atoms in total. The van der Waals surface area contributed by atoms with Gasteiger partial charge in [-0.1, -0.05) is 0 Å². The van der Waals surface area contributed by atoms with Crippen molar-refractivity contribution in [1.29, 1.82) is 0 Å². The van der Waals surface area contributed by atoms with Crippen molar-refractivity contribution in [3.63, 3.8) is 0 Å². The maximum Gasteiger partial charge on any atom is 0.0938 e. The maximum atomic E-state index is 10.3. The van der Waals surface area contributed by atoms with E-state index in [0.717, 1.165) is 32.5 Å². The summed E-state index contributed by atoms with van der Waals surface area (Å²) in [7, 11) is 2.08. The van der Waals surface area contributed by atoms with Gasteiger partial charge in [0.2, 0.25) is 0 Å². The average Bonchev–Trinajstić information content (AvgIpc) is 2.59. The molecule has 0 aliphatic carbocycles. The minimum atomic E-state index is -0.439. The van der Waals surface area contributed by atoms with Gasteiger partial charge >= 0.3 is 0 Å². The van der Waals surface area contributed by atoms with Gasteiger partial charge in [0.25, 0.3) is 0 Å². The molecule has 2 unspecified atom stereocenters.